The van der Waals surface area contributed by atoms with Gasteiger partial charge in [0, 0.05) is 27.5 Å². The molecule has 4 aromatic rings. The van der Waals surface area contributed by atoms with Crippen LogP contribution >= 0.6 is 0 Å². The largest absolute Gasteiger partial charge is 0.449 e. The number of Topliss-reactive ketones (excluding diaryl/α,β-unsaturated/α-hetero) is 1. The number of aryl methyl sites for hydroxylation is 1. The molecule has 2 N–H and O–H groups in total. The zero-order chi connectivity index (χ0) is 19.8. The Bertz CT molecular complexity index is 1290. The summed E-state index contributed by atoms with van der Waals surface area (Å²) in [6, 6.07) is 14.1. The SMILES string of the molecule is Cc1[nH]c2ccccc2c1C(=O)C(C)OC(=O)c1n[nH]c(=O)c2ccccc12. The van der Waals surface area contributed by atoms with Gasteiger partial charge in [0.2, 0.25) is 5.78 Å². The van der Waals surface area contributed by atoms with Gasteiger partial charge in [0.15, 0.2) is 11.8 Å². The maximum atomic E-state index is 12.9. The van der Waals surface area contributed by atoms with Crippen molar-refractivity contribution in [2.75, 3.05) is 0 Å². The number of aromatic nitrogens is 3. The third-order valence-corrected chi connectivity index (χ3v) is 4.68. The second kappa shape index (κ2) is 6.77. The molecule has 0 amide bonds. The van der Waals surface area contributed by atoms with Crippen LogP contribution < -0.4 is 5.56 Å². The molecule has 0 fully saturated rings. The first-order chi connectivity index (χ1) is 13.5. The smallest absolute Gasteiger partial charge is 0.360 e. The van der Waals surface area contributed by atoms with Gasteiger partial charge < -0.3 is 9.72 Å². The second-order valence-corrected chi connectivity index (χ2v) is 6.53. The Morgan fingerprint density at radius 2 is 1.64 bits per heavy atom. The van der Waals surface area contributed by atoms with Gasteiger partial charge in [0.05, 0.1) is 5.39 Å². The van der Waals surface area contributed by atoms with Crippen LogP contribution in [-0.4, -0.2) is 33.0 Å². The molecule has 0 aliphatic rings. The Morgan fingerprint density at radius 3 is 2.39 bits per heavy atom. The number of carbonyl (C=O) groups excluding carboxylic acids is 2. The van der Waals surface area contributed by atoms with E-state index in [0.29, 0.717) is 22.0 Å². The lowest BCUT2D eigenvalue weighted by Gasteiger charge is -2.13. The van der Waals surface area contributed by atoms with Crippen molar-refractivity contribution < 1.29 is 14.3 Å². The van der Waals surface area contributed by atoms with Gasteiger partial charge >= 0.3 is 5.97 Å². The van der Waals surface area contributed by atoms with Crippen LogP contribution in [0.4, 0.5) is 0 Å². The molecule has 1 atom stereocenters. The van der Waals surface area contributed by atoms with Crippen LogP contribution in [-0.2, 0) is 4.74 Å². The monoisotopic (exact) mass is 375 g/mol. The molecule has 2 aromatic heterocycles. The van der Waals surface area contributed by atoms with Crippen molar-refractivity contribution in [1.82, 2.24) is 15.2 Å². The lowest BCUT2D eigenvalue weighted by Crippen LogP contribution is -2.26. The van der Waals surface area contributed by atoms with Crippen LogP contribution in [0.5, 0.6) is 0 Å². The fourth-order valence-corrected chi connectivity index (χ4v) is 3.34. The number of ketones is 1. The van der Waals surface area contributed by atoms with Gasteiger partial charge in [0.1, 0.15) is 0 Å². The lowest BCUT2D eigenvalue weighted by molar-refractivity contribution is 0.0314. The van der Waals surface area contributed by atoms with E-state index in [1.165, 1.54) is 6.92 Å². The summed E-state index contributed by atoms with van der Waals surface area (Å²) in [7, 11) is 0. The van der Waals surface area contributed by atoms with Gasteiger partial charge in [-0.3, -0.25) is 9.59 Å². The number of aromatic amines is 2. The Labute approximate surface area is 159 Å². The Morgan fingerprint density at radius 1 is 1.00 bits per heavy atom. The van der Waals surface area contributed by atoms with Crippen LogP contribution in [0.2, 0.25) is 0 Å². The Kier molecular flexibility index (Phi) is 4.27. The molecule has 2 heterocycles. The number of H-pyrrole nitrogens is 2. The number of rotatable bonds is 4. The predicted octanol–water partition coefficient (Wildman–Crippen LogP) is 3.14. The number of benzene rings is 2. The summed E-state index contributed by atoms with van der Waals surface area (Å²) in [5.41, 5.74) is 1.61. The van der Waals surface area contributed by atoms with E-state index in [1.54, 1.807) is 31.2 Å². The Balaban J connectivity index is 1.65. The minimum Gasteiger partial charge on any atom is -0.449 e. The van der Waals surface area contributed by atoms with Crippen LogP contribution in [0, 0.1) is 6.92 Å². The van der Waals surface area contributed by atoms with E-state index in [4.69, 9.17) is 4.74 Å². The summed E-state index contributed by atoms with van der Waals surface area (Å²) >= 11 is 0. The highest BCUT2D eigenvalue weighted by Crippen LogP contribution is 2.24. The van der Waals surface area contributed by atoms with E-state index in [0.717, 1.165) is 10.9 Å². The molecule has 0 saturated carbocycles. The zero-order valence-electron chi connectivity index (χ0n) is 15.3. The molecule has 0 aliphatic carbocycles. The highest BCUT2D eigenvalue weighted by atomic mass is 16.5. The van der Waals surface area contributed by atoms with Crippen molar-refractivity contribution >= 4 is 33.4 Å². The summed E-state index contributed by atoms with van der Waals surface area (Å²) < 4.78 is 5.39. The van der Waals surface area contributed by atoms with E-state index >= 15 is 0 Å². The number of nitrogens with one attached hydrogen (secondary N) is 2. The molecule has 7 nitrogen and oxygen atoms in total. The molecular weight excluding hydrogens is 358 g/mol. The molecule has 0 spiro atoms. The van der Waals surface area contributed by atoms with Crippen molar-refractivity contribution in [1.29, 1.82) is 0 Å². The summed E-state index contributed by atoms with van der Waals surface area (Å²) in [6.07, 6.45) is -1.02. The number of nitrogens with zero attached hydrogens (tertiary/aromatic N) is 1. The van der Waals surface area contributed by atoms with Crippen molar-refractivity contribution in [2.24, 2.45) is 0 Å². The van der Waals surface area contributed by atoms with Crippen molar-refractivity contribution in [3.05, 3.63) is 75.8 Å². The van der Waals surface area contributed by atoms with Gasteiger partial charge in [-0.1, -0.05) is 36.4 Å². The molecule has 0 bridgehead atoms. The first-order valence-electron chi connectivity index (χ1n) is 8.77. The van der Waals surface area contributed by atoms with Gasteiger partial charge in [0.25, 0.3) is 5.56 Å². The fourth-order valence-electron chi connectivity index (χ4n) is 3.34. The molecule has 1 unspecified atom stereocenters. The van der Waals surface area contributed by atoms with Crippen LogP contribution in [0.3, 0.4) is 0 Å². The summed E-state index contributed by atoms with van der Waals surface area (Å²) in [4.78, 5) is 40.6. The van der Waals surface area contributed by atoms with Crippen molar-refractivity contribution in [3.8, 4) is 0 Å². The topological polar surface area (TPSA) is 105 Å². The highest BCUT2D eigenvalue weighted by molar-refractivity contribution is 6.12. The van der Waals surface area contributed by atoms with Gasteiger partial charge in [-0.2, -0.15) is 5.10 Å². The minimum absolute atomic E-state index is 0.0366. The third-order valence-electron chi connectivity index (χ3n) is 4.68. The summed E-state index contributed by atoms with van der Waals surface area (Å²) in [6.45, 7) is 3.33. The van der Waals surface area contributed by atoms with E-state index < -0.39 is 17.6 Å². The number of fused-ring (bicyclic) bond motifs is 2. The van der Waals surface area contributed by atoms with Gasteiger partial charge in [-0.05, 0) is 26.0 Å². The summed E-state index contributed by atoms with van der Waals surface area (Å²) in [5, 5.41) is 7.59. The molecule has 0 aliphatic heterocycles. The molecule has 140 valence electrons. The quantitative estimate of drug-likeness (QED) is 0.421. The number of ether oxygens (including phenoxy) is 1. The second-order valence-electron chi connectivity index (χ2n) is 6.53. The maximum Gasteiger partial charge on any atom is 0.360 e. The molecular formula is C21H17N3O4. The van der Waals surface area contributed by atoms with Crippen molar-refractivity contribution in [2.45, 2.75) is 20.0 Å². The first kappa shape index (κ1) is 17.7. The van der Waals surface area contributed by atoms with Crippen LogP contribution in [0.15, 0.2) is 53.3 Å². The molecule has 0 saturated heterocycles. The fraction of sp³-hybridized carbons (Fsp3) is 0.143. The lowest BCUT2D eigenvalue weighted by atomic mass is 10.0. The Hall–Kier alpha value is -3.74. The van der Waals surface area contributed by atoms with Gasteiger partial charge in [-0.15, -0.1) is 0 Å². The van der Waals surface area contributed by atoms with Crippen LogP contribution in [0.25, 0.3) is 21.7 Å². The third kappa shape index (κ3) is 2.87. The predicted molar refractivity (Wildman–Crippen MR) is 105 cm³/mol. The number of para-hydroxylation sites is 1. The number of hydrogen-bond acceptors (Lipinski definition) is 5. The summed E-state index contributed by atoms with van der Waals surface area (Å²) in [5.74, 6) is -1.08. The number of carbonyl (C=O) groups is 2. The standard InChI is InChI=1S/C21H17N3O4/c1-11-17(15-9-5-6-10-16(15)22-11)19(25)12(2)28-21(27)18-13-7-3-4-8-14(13)20(26)24-23-18/h3-10,12,22H,1-2H3,(H,24,26). The molecule has 2 aromatic carbocycles. The van der Waals surface area contributed by atoms with E-state index in [1.807, 2.05) is 24.3 Å². The van der Waals surface area contributed by atoms with E-state index in [-0.39, 0.29) is 11.5 Å². The highest BCUT2D eigenvalue weighted by Gasteiger charge is 2.26. The average molecular weight is 375 g/mol. The minimum atomic E-state index is -1.02. The zero-order valence-corrected chi connectivity index (χ0v) is 15.3. The molecule has 0 radical (unpaired) electrons. The molecule has 7 heteroatoms. The van der Waals surface area contributed by atoms with E-state index in [9.17, 15) is 14.4 Å². The average Bonchev–Trinajstić information content (AvgIpc) is 3.03. The van der Waals surface area contributed by atoms with Crippen LogP contribution in [0.1, 0.15) is 33.5 Å². The number of hydrogen-bond donors (Lipinski definition) is 2. The first-order valence-corrected chi connectivity index (χ1v) is 8.77. The molecule has 4 rings (SSSR count). The van der Waals surface area contributed by atoms with Gasteiger partial charge in [-0.25, -0.2) is 9.89 Å². The normalized spacial score (nSPS) is 12.2. The van der Waals surface area contributed by atoms with Crippen molar-refractivity contribution in [3.63, 3.8) is 0 Å². The number of esters is 1. The van der Waals surface area contributed by atoms with E-state index in [2.05, 4.69) is 15.2 Å². The molecule has 28 heavy (non-hydrogen) atoms. The maximum absolute atomic E-state index is 12.9.